The molecule has 0 radical (unpaired) electrons. The van der Waals surface area contributed by atoms with Gasteiger partial charge in [0, 0.05) is 6.54 Å². The standard InChI is InChI=1S/C10H10N2O3S/c11-8-9-2-4-10(5-3-9)16(13,14)12-6-1-7-15-12/h2-5H,1,6-7H2. The average Bonchev–Trinajstić information content (AvgIpc) is 2.83. The molecule has 1 aromatic rings. The highest BCUT2D eigenvalue weighted by Gasteiger charge is 2.28. The number of hydrogen-bond acceptors (Lipinski definition) is 4. The number of nitrogens with zero attached hydrogens (tertiary/aromatic N) is 2. The largest absolute Gasteiger partial charge is 0.284 e. The zero-order valence-electron chi connectivity index (χ0n) is 8.46. The van der Waals surface area contributed by atoms with E-state index in [0.717, 1.165) is 4.47 Å². The Balaban J connectivity index is 2.32. The maximum absolute atomic E-state index is 12.0. The molecule has 0 unspecified atom stereocenters. The number of rotatable bonds is 2. The molecule has 2 rings (SSSR count). The van der Waals surface area contributed by atoms with Gasteiger partial charge < -0.3 is 0 Å². The summed E-state index contributed by atoms with van der Waals surface area (Å²) in [6.07, 6.45) is 0.704. The first-order chi connectivity index (χ1) is 7.64. The molecule has 1 aliphatic rings. The lowest BCUT2D eigenvalue weighted by molar-refractivity contribution is -0.0284. The predicted molar refractivity (Wildman–Crippen MR) is 55.6 cm³/mol. The van der Waals surface area contributed by atoms with Crippen LogP contribution in [0.2, 0.25) is 0 Å². The SMILES string of the molecule is N#Cc1ccc(S(=O)(=O)N2CCCO2)cc1. The fourth-order valence-corrected chi connectivity index (χ4v) is 2.73. The maximum atomic E-state index is 12.0. The van der Waals surface area contributed by atoms with Gasteiger partial charge in [-0.3, -0.25) is 4.84 Å². The van der Waals surface area contributed by atoms with E-state index in [2.05, 4.69) is 0 Å². The Bertz CT molecular complexity index is 510. The van der Waals surface area contributed by atoms with Gasteiger partial charge in [0.15, 0.2) is 0 Å². The third-order valence-corrected chi connectivity index (χ3v) is 3.96. The Labute approximate surface area is 93.9 Å². The third kappa shape index (κ3) is 1.93. The van der Waals surface area contributed by atoms with Crippen LogP contribution in [0.5, 0.6) is 0 Å². The predicted octanol–water partition coefficient (Wildman–Crippen LogP) is 0.884. The van der Waals surface area contributed by atoms with Gasteiger partial charge in [-0.2, -0.15) is 5.26 Å². The molecule has 1 heterocycles. The van der Waals surface area contributed by atoms with E-state index in [9.17, 15) is 8.42 Å². The topological polar surface area (TPSA) is 70.4 Å². The minimum atomic E-state index is -3.56. The van der Waals surface area contributed by atoms with Crippen molar-refractivity contribution in [3.05, 3.63) is 29.8 Å². The molecule has 0 N–H and O–H groups in total. The van der Waals surface area contributed by atoms with Crippen molar-refractivity contribution in [2.45, 2.75) is 11.3 Å². The van der Waals surface area contributed by atoms with Crippen molar-refractivity contribution < 1.29 is 13.3 Å². The van der Waals surface area contributed by atoms with Crippen molar-refractivity contribution >= 4 is 10.0 Å². The van der Waals surface area contributed by atoms with Gasteiger partial charge in [0.05, 0.1) is 23.1 Å². The smallest absolute Gasteiger partial charge is 0.265 e. The molecule has 0 saturated carbocycles. The van der Waals surface area contributed by atoms with Crippen LogP contribution in [0.25, 0.3) is 0 Å². The molecule has 0 bridgehead atoms. The fraction of sp³-hybridized carbons (Fsp3) is 0.300. The summed E-state index contributed by atoms with van der Waals surface area (Å²) < 4.78 is 24.9. The van der Waals surface area contributed by atoms with Crippen LogP contribution in [0.15, 0.2) is 29.2 Å². The number of benzene rings is 1. The lowest BCUT2D eigenvalue weighted by atomic mass is 10.2. The lowest BCUT2D eigenvalue weighted by Crippen LogP contribution is -2.26. The maximum Gasteiger partial charge on any atom is 0.265 e. The zero-order valence-corrected chi connectivity index (χ0v) is 9.27. The van der Waals surface area contributed by atoms with E-state index in [0.29, 0.717) is 25.1 Å². The first-order valence-electron chi connectivity index (χ1n) is 4.80. The first kappa shape index (κ1) is 11.1. The monoisotopic (exact) mass is 238 g/mol. The summed E-state index contributed by atoms with van der Waals surface area (Å²) in [5.74, 6) is 0. The summed E-state index contributed by atoms with van der Waals surface area (Å²) >= 11 is 0. The molecule has 1 aliphatic heterocycles. The quantitative estimate of drug-likeness (QED) is 0.767. The lowest BCUT2D eigenvalue weighted by Gasteiger charge is -2.13. The van der Waals surface area contributed by atoms with Crippen LogP contribution in [0.1, 0.15) is 12.0 Å². The van der Waals surface area contributed by atoms with Gasteiger partial charge in [-0.25, -0.2) is 8.42 Å². The molecule has 0 aromatic heterocycles. The van der Waals surface area contributed by atoms with Gasteiger partial charge in [-0.15, -0.1) is 0 Å². The minimum absolute atomic E-state index is 0.147. The Morgan fingerprint density at radius 3 is 2.50 bits per heavy atom. The van der Waals surface area contributed by atoms with E-state index < -0.39 is 10.0 Å². The van der Waals surface area contributed by atoms with E-state index in [1.54, 1.807) is 0 Å². The highest BCUT2D eigenvalue weighted by Crippen LogP contribution is 2.19. The molecule has 16 heavy (non-hydrogen) atoms. The molecule has 0 spiro atoms. The molecule has 1 aromatic carbocycles. The number of hydroxylamine groups is 1. The molecular weight excluding hydrogens is 228 g/mol. The second-order valence-corrected chi connectivity index (χ2v) is 5.18. The molecule has 5 nitrogen and oxygen atoms in total. The Morgan fingerprint density at radius 2 is 2.00 bits per heavy atom. The Hall–Kier alpha value is -1.42. The van der Waals surface area contributed by atoms with Crippen molar-refractivity contribution in [2.75, 3.05) is 13.2 Å². The third-order valence-electron chi connectivity index (χ3n) is 2.27. The van der Waals surface area contributed by atoms with E-state index in [-0.39, 0.29) is 4.90 Å². The minimum Gasteiger partial charge on any atom is -0.284 e. The van der Waals surface area contributed by atoms with Crippen LogP contribution in [0.3, 0.4) is 0 Å². The van der Waals surface area contributed by atoms with Gasteiger partial charge in [0.1, 0.15) is 0 Å². The molecule has 1 fully saturated rings. The Morgan fingerprint density at radius 1 is 1.31 bits per heavy atom. The van der Waals surface area contributed by atoms with Crippen LogP contribution >= 0.6 is 0 Å². The van der Waals surface area contributed by atoms with Crippen LogP contribution < -0.4 is 0 Å². The van der Waals surface area contributed by atoms with E-state index in [1.807, 2.05) is 6.07 Å². The molecular formula is C10H10N2O3S. The molecule has 6 heteroatoms. The van der Waals surface area contributed by atoms with Crippen molar-refractivity contribution in [3.63, 3.8) is 0 Å². The summed E-state index contributed by atoms with van der Waals surface area (Å²) in [6.45, 7) is 0.803. The van der Waals surface area contributed by atoms with Crippen LogP contribution in [0.4, 0.5) is 0 Å². The summed E-state index contributed by atoms with van der Waals surface area (Å²) in [4.78, 5) is 5.16. The fourth-order valence-electron chi connectivity index (χ4n) is 1.43. The van der Waals surface area contributed by atoms with E-state index in [4.69, 9.17) is 10.1 Å². The van der Waals surface area contributed by atoms with Gasteiger partial charge in [0.2, 0.25) is 0 Å². The molecule has 0 atom stereocenters. The Kier molecular flexibility index (Phi) is 2.92. The molecule has 84 valence electrons. The highest BCUT2D eigenvalue weighted by atomic mass is 32.2. The van der Waals surface area contributed by atoms with Crippen molar-refractivity contribution in [1.29, 1.82) is 5.26 Å². The van der Waals surface area contributed by atoms with Crippen LogP contribution in [-0.2, 0) is 14.9 Å². The number of sulfonamides is 1. The van der Waals surface area contributed by atoms with Crippen LogP contribution in [-0.4, -0.2) is 26.0 Å². The normalized spacial score (nSPS) is 17.2. The summed E-state index contributed by atoms with van der Waals surface area (Å²) in [5, 5.41) is 8.61. The second-order valence-electron chi connectivity index (χ2n) is 3.35. The zero-order chi connectivity index (χ0) is 11.6. The highest BCUT2D eigenvalue weighted by molar-refractivity contribution is 7.89. The molecule has 0 amide bonds. The van der Waals surface area contributed by atoms with E-state index >= 15 is 0 Å². The van der Waals surface area contributed by atoms with E-state index in [1.165, 1.54) is 24.3 Å². The second kappa shape index (κ2) is 4.22. The van der Waals surface area contributed by atoms with Crippen LogP contribution in [0, 0.1) is 11.3 Å². The molecule has 0 aliphatic carbocycles. The summed E-state index contributed by atoms with van der Waals surface area (Å²) in [6, 6.07) is 7.71. The van der Waals surface area contributed by atoms with Gasteiger partial charge in [0.25, 0.3) is 10.0 Å². The number of nitriles is 1. The van der Waals surface area contributed by atoms with Gasteiger partial charge >= 0.3 is 0 Å². The summed E-state index contributed by atoms with van der Waals surface area (Å²) in [5.41, 5.74) is 0.432. The average molecular weight is 238 g/mol. The molecule has 1 saturated heterocycles. The van der Waals surface area contributed by atoms with Gasteiger partial charge in [-0.1, -0.05) is 4.47 Å². The van der Waals surface area contributed by atoms with Gasteiger partial charge in [-0.05, 0) is 30.7 Å². The van der Waals surface area contributed by atoms with Crippen molar-refractivity contribution in [3.8, 4) is 6.07 Å². The number of hydrogen-bond donors (Lipinski definition) is 0. The van der Waals surface area contributed by atoms with Crippen molar-refractivity contribution in [2.24, 2.45) is 0 Å². The first-order valence-corrected chi connectivity index (χ1v) is 6.24. The summed E-state index contributed by atoms with van der Waals surface area (Å²) in [7, 11) is -3.56. The van der Waals surface area contributed by atoms with Crippen molar-refractivity contribution in [1.82, 2.24) is 4.47 Å².